The fourth-order valence-corrected chi connectivity index (χ4v) is 1.76. The van der Waals surface area contributed by atoms with E-state index in [0.717, 1.165) is 24.2 Å². The van der Waals surface area contributed by atoms with Gasteiger partial charge in [-0.15, -0.1) is 0 Å². The van der Waals surface area contributed by atoms with E-state index in [0.29, 0.717) is 5.82 Å². The van der Waals surface area contributed by atoms with Crippen LogP contribution in [0, 0.1) is 11.3 Å². The van der Waals surface area contributed by atoms with Crippen molar-refractivity contribution in [1.29, 1.82) is 5.26 Å². The fourth-order valence-electron chi connectivity index (χ4n) is 1.76. The van der Waals surface area contributed by atoms with Gasteiger partial charge in [0.05, 0.1) is 17.5 Å². The number of hydrogen-bond acceptors (Lipinski definition) is 4. The highest BCUT2D eigenvalue weighted by molar-refractivity contribution is 5.53. The molecule has 82 valence electrons. The molecule has 4 heteroatoms. The number of hydrogen-bond donors (Lipinski definition) is 0. The Morgan fingerprint density at radius 3 is 2.59 bits per heavy atom. The summed E-state index contributed by atoms with van der Waals surface area (Å²) in [4.78, 5) is 12.9. The Labute approximate surface area is 99.0 Å². The molecule has 0 spiro atoms. The summed E-state index contributed by atoms with van der Waals surface area (Å²) in [5.41, 5.74) is 1.15. The summed E-state index contributed by atoms with van der Waals surface area (Å²) in [7, 11) is 0. The molecule has 0 saturated heterocycles. The lowest BCUT2D eigenvalue weighted by atomic mass is 10.1. The number of pyridine rings is 1. The van der Waals surface area contributed by atoms with Crippen molar-refractivity contribution in [3.05, 3.63) is 42.5 Å². The molecule has 0 bridgehead atoms. The predicted octanol–water partition coefficient (Wildman–Crippen LogP) is 2.09. The Morgan fingerprint density at radius 1 is 1.06 bits per heavy atom. The summed E-state index contributed by atoms with van der Waals surface area (Å²) in [6.45, 7) is 0. The summed E-state index contributed by atoms with van der Waals surface area (Å²) in [5.74, 6) is 0.628. The number of aromatic nitrogens is 3. The summed E-state index contributed by atoms with van der Waals surface area (Å²) in [5, 5.41) is 9.13. The van der Waals surface area contributed by atoms with Gasteiger partial charge in [0.2, 0.25) is 0 Å². The highest BCUT2D eigenvalue weighted by Gasteiger charge is 2.47. The largest absolute Gasteiger partial charge is 0.255 e. The minimum atomic E-state index is -0.440. The monoisotopic (exact) mass is 222 g/mol. The van der Waals surface area contributed by atoms with E-state index in [2.05, 4.69) is 21.0 Å². The fraction of sp³-hybridized carbons (Fsp3) is 0.231. The average molecular weight is 222 g/mol. The molecule has 0 atom stereocenters. The van der Waals surface area contributed by atoms with Gasteiger partial charge < -0.3 is 0 Å². The van der Waals surface area contributed by atoms with Crippen molar-refractivity contribution in [3.8, 4) is 17.5 Å². The summed E-state index contributed by atoms with van der Waals surface area (Å²) in [6.07, 6.45) is 5.14. The van der Waals surface area contributed by atoms with Crippen molar-refractivity contribution in [3.63, 3.8) is 0 Å². The van der Waals surface area contributed by atoms with Crippen LogP contribution >= 0.6 is 0 Å². The van der Waals surface area contributed by atoms with E-state index >= 15 is 0 Å². The molecule has 0 aliphatic heterocycles. The Bertz CT molecular complexity index is 582. The normalized spacial score (nSPS) is 16.2. The molecular weight excluding hydrogens is 212 g/mol. The molecular formula is C13H10N4. The van der Waals surface area contributed by atoms with Crippen LogP contribution in [-0.4, -0.2) is 15.0 Å². The summed E-state index contributed by atoms with van der Waals surface area (Å²) >= 11 is 0. The van der Waals surface area contributed by atoms with E-state index in [1.165, 1.54) is 0 Å². The molecule has 2 heterocycles. The Kier molecular flexibility index (Phi) is 2.12. The molecule has 17 heavy (non-hydrogen) atoms. The van der Waals surface area contributed by atoms with Gasteiger partial charge in [-0.3, -0.25) is 4.98 Å². The van der Waals surface area contributed by atoms with Gasteiger partial charge in [0.25, 0.3) is 0 Å². The Morgan fingerprint density at radius 2 is 1.94 bits per heavy atom. The highest BCUT2D eigenvalue weighted by Crippen LogP contribution is 2.45. The third kappa shape index (κ3) is 1.66. The van der Waals surface area contributed by atoms with Gasteiger partial charge in [-0.1, -0.05) is 6.07 Å². The molecule has 0 unspecified atom stereocenters. The van der Waals surface area contributed by atoms with Crippen molar-refractivity contribution < 1.29 is 0 Å². The molecule has 0 amide bonds. The standard InChI is InChI=1S/C13H10N4/c14-9-13(5-6-13)12-16-8-4-11(17-12)10-3-1-2-7-15-10/h1-4,7-8H,5-6H2. The lowest BCUT2D eigenvalue weighted by Crippen LogP contribution is -2.09. The van der Waals surface area contributed by atoms with Crippen molar-refractivity contribution in [1.82, 2.24) is 15.0 Å². The topological polar surface area (TPSA) is 62.5 Å². The van der Waals surface area contributed by atoms with Gasteiger partial charge in [0, 0.05) is 12.4 Å². The van der Waals surface area contributed by atoms with Gasteiger partial charge in [0.15, 0.2) is 0 Å². The molecule has 1 saturated carbocycles. The minimum absolute atomic E-state index is 0.440. The smallest absolute Gasteiger partial charge is 0.149 e. The highest BCUT2D eigenvalue weighted by atomic mass is 14.9. The number of rotatable bonds is 2. The van der Waals surface area contributed by atoms with Crippen LogP contribution < -0.4 is 0 Å². The lowest BCUT2D eigenvalue weighted by molar-refractivity contribution is 0.798. The van der Waals surface area contributed by atoms with E-state index in [1.54, 1.807) is 12.4 Å². The summed E-state index contributed by atoms with van der Waals surface area (Å²) < 4.78 is 0. The molecule has 1 fully saturated rings. The third-order valence-electron chi connectivity index (χ3n) is 2.97. The first kappa shape index (κ1) is 9.91. The first-order chi connectivity index (χ1) is 8.34. The maximum atomic E-state index is 9.13. The van der Waals surface area contributed by atoms with Crippen LogP contribution in [0.5, 0.6) is 0 Å². The van der Waals surface area contributed by atoms with Crippen molar-refractivity contribution in [2.75, 3.05) is 0 Å². The SMILES string of the molecule is N#CC1(c2nccc(-c3ccccn3)n2)CC1. The van der Waals surface area contributed by atoms with Gasteiger partial charge in [0.1, 0.15) is 11.2 Å². The van der Waals surface area contributed by atoms with Crippen LogP contribution in [0.15, 0.2) is 36.7 Å². The molecule has 2 aromatic rings. The van der Waals surface area contributed by atoms with E-state index in [9.17, 15) is 0 Å². The second kappa shape index (κ2) is 3.63. The first-order valence-electron chi connectivity index (χ1n) is 5.50. The van der Waals surface area contributed by atoms with Crippen molar-refractivity contribution in [2.45, 2.75) is 18.3 Å². The average Bonchev–Trinajstić information content (AvgIpc) is 3.21. The van der Waals surface area contributed by atoms with Gasteiger partial charge in [-0.25, -0.2) is 9.97 Å². The van der Waals surface area contributed by atoms with Crippen LogP contribution in [-0.2, 0) is 5.41 Å². The molecule has 0 radical (unpaired) electrons. The molecule has 1 aliphatic rings. The third-order valence-corrected chi connectivity index (χ3v) is 2.97. The van der Waals surface area contributed by atoms with Crippen LogP contribution in [0.4, 0.5) is 0 Å². The predicted molar refractivity (Wildman–Crippen MR) is 61.8 cm³/mol. The molecule has 0 N–H and O–H groups in total. The minimum Gasteiger partial charge on any atom is -0.255 e. The maximum absolute atomic E-state index is 9.13. The number of nitriles is 1. The van der Waals surface area contributed by atoms with Crippen LogP contribution in [0.1, 0.15) is 18.7 Å². The van der Waals surface area contributed by atoms with Gasteiger partial charge in [-0.05, 0) is 31.0 Å². The van der Waals surface area contributed by atoms with Crippen LogP contribution in [0.25, 0.3) is 11.4 Å². The van der Waals surface area contributed by atoms with Crippen LogP contribution in [0.3, 0.4) is 0 Å². The zero-order valence-electron chi connectivity index (χ0n) is 9.17. The summed E-state index contributed by atoms with van der Waals surface area (Å²) in [6, 6.07) is 9.80. The van der Waals surface area contributed by atoms with E-state index in [-0.39, 0.29) is 0 Å². The maximum Gasteiger partial charge on any atom is 0.149 e. The molecule has 1 aliphatic carbocycles. The van der Waals surface area contributed by atoms with Gasteiger partial charge >= 0.3 is 0 Å². The van der Waals surface area contributed by atoms with Gasteiger partial charge in [-0.2, -0.15) is 5.26 Å². The first-order valence-corrected chi connectivity index (χ1v) is 5.50. The second-order valence-electron chi connectivity index (χ2n) is 4.17. The quantitative estimate of drug-likeness (QED) is 0.780. The van der Waals surface area contributed by atoms with Crippen molar-refractivity contribution in [2.24, 2.45) is 0 Å². The Balaban J connectivity index is 2.04. The van der Waals surface area contributed by atoms with E-state index in [1.807, 2.05) is 24.3 Å². The zero-order valence-corrected chi connectivity index (χ0v) is 9.17. The van der Waals surface area contributed by atoms with E-state index < -0.39 is 5.41 Å². The van der Waals surface area contributed by atoms with Crippen molar-refractivity contribution >= 4 is 0 Å². The molecule has 0 aromatic carbocycles. The van der Waals surface area contributed by atoms with E-state index in [4.69, 9.17) is 5.26 Å². The second-order valence-corrected chi connectivity index (χ2v) is 4.17. The molecule has 4 nitrogen and oxygen atoms in total. The number of nitrogens with zero attached hydrogens (tertiary/aromatic N) is 4. The Hall–Kier alpha value is -2.28. The van der Waals surface area contributed by atoms with Crippen LogP contribution in [0.2, 0.25) is 0 Å². The molecule has 3 rings (SSSR count). The molecule has 2 aromatic heterocycles. The zero-order chi connectivity index (χ0) is 11.7. The lowest BCUT2D eigenvalue weighted by Gasteiger charge is -2.05.